The molecule has 0 aliphatic carbocycles. The molecule has 1 saturated heterocycles. The molecule has 2 aromatic rings. The van der Waals surface area contributed by atoms with Crippen LogP contribution in [0.25, 0.3) is 10.6 Å². The normalized spacial score (nSPS) is 16.8. The van der Waals surface area contributed by atoms with Crippen molar-refractivity contribution in [1.29, 1.82) is 0 Å². The fraction of sp³-hybridized carbons (Fsp3) is 0.375. The van der Waals surface area contributed by atoms with Gasteiger partial charge in [-0.1, -0.05) is 0 Å². The minimum atomic E-state index is -0.0221. The number of nitrogens with zero attached hydrogens (tertiary/aromatic N) is 2. The third-order valence-electron chi connectivity index (χ3n) is 3.81. The Labute approximate surface area is 158 Å². The van der Waals surface area contributed by atoms with Gasteiger partial charge in [0.2, 0.25) is 0 Å². The molecule has 1 unspecified atom stereocenters. The second-order valence-electron chi connectivity index (χ2n) is 5.42. The van der Waals surface area contributed by atoms with Crippen molar-refractivity contribution in [3.05, 3.63) is 35.3 Å². The van der Waals surface area contributed by atoms with E-state index in [-0.39, 0.29) is 36.8 Å². The molecule has 1 aliphatic heterocycles. The van der Waals surface area contributed by atoms with Crippen molar-refractivity contribution >= 4 is 42.1 Å². The molecule has 1 aliphatic rings. The summed E-state index contributed by atoms with van der Waals surface area (Å²) in [7, 11) is 1.64. The van der Waals surface area contributed by atoms with Gasteiger partial charge in [0.1, 0.15) is 16.5 Å². The smallest absolute Gasteiger partial charge is 0.273 e. The predicted molar refractivity (Wildman–Crippen MR) is 102 cm³/mol. The standard InChI is InChI=1S/C16H19N3O2S.2ClH/c1-21-13-6-4-11(5-7-13)15-18-14(10-22-15)16(20)19-8-2-3-12(17)9-19;;/h4-7,10,12H,2-3,8-9,17H2,1H3;2*1H. The van der Waals surface area contributed by atoms with E-state index in [0.29, 0.717) is 12.2 Å². The van der Waals surface area contributed by atoms with E-state index in [0.717, 1.165) is 35.7 Å². The summed E-state index contributed by atoms with van der Waals surface area (Å²) < 4.78 is 5.15. The van der Waals surface area contributed by atoms with Crippen LogP contribution in [0.5, 0.6) is 5.75 Å². The number of piperidine rings is 1. The van der Waals surface area contributed by atoms with Gasteiger partial charge >= 0.3 is 0 Å². The van der Waals surface area contributed by atoms with E-state index in [4.69, 9.17) is 10.5 Å². The van der Waals surface area contributed by atoms with Gasteiger partial charge in [-0.2, -0.15) is 0 Å². The molecule has 2 heterocycles. The van der Waals surface area contributed by atoms with Gasteiger partial charge in [-0.15, -0.1) is 36.2 Å². The van der Waals surface area contributed by atoms with Gasteiger partial charge in [0.25, 0.3) is 5.91 Å². The van der Waals surface area contributed by atoms with E-state index < -0.39 is 0 Å². The Kier molecular flexibility index (Phi) is 7.96. The van der Waals surface area contributed by atoms with Crippen LogP contribution in [-0.2, 0) is 0 Å². The summed E-state index contributed by atoms with van der Waals surface area (Å²) in [5, 5.41) is 2.66. The van der Waals surface area contributed by atoms with Crippen molar-refractivity contribution in [3.63, 3.8) is 0 Å². The lowest BCUT2D eigenvalue weighted by atomic mass is 10.1. The first-order valence-electron chi connectivity index (χ1n) is 7.32. The molecule has 1 atom stereocenters. The molecule has 1 fully saturated rings. The van der Waals surface area contributed by atoms with Crippen LogP contribution in [0.3, 0.4) is 0 Å². The van der Waals surface area contributed by atoms with Crippen LogP contribution >= 0.6 is 36.2 Å². The van der Waals surface area contributed by atoms with Gasteiger partial charge in [-0.25, -0.2) is 4.98 Å². The second kappa shape index (κ2) is 9.22. The number of hydrogen-bond donors (Lipinski definition) is 1. The third kappa shape index (κ3) is 4.60. The third-order valence-corrected chi connectivity index (χ3v) is 4.70. The highest BCUT2D eigenvalue weighted by Crippen LogP contribution is 2.26. The summed E-state index contributed by atoms with van der Waals surface area (Å²) in [6, 6.07) is 7.76. The lowest BCUT2D eigenvalue weighted by Gasteiger charge is -2.30. The van der Waals surface area contributed by atoms with Crippen LogP contribution in [0.2, 0.25) is 0 Å². The Morgan fingerprint density at radius 1 is 1.33 bits per heavy atom. The average molecular weight is 390 g/mol. The Morgan fingerprint density at radius 3 is 2.67 bits per heavy atom. The van der Waals surface area contributed by atoms with E-state index in [1.54, 1.807) is 12.0 Å². The molecule has 1 aromatic carbocycles. The van der Waals surface area contributed by atoms with E-state index >= 15 is 0 Å². The Bertz CT molecular complexity index is 664. The van der Waals surface area contributed by atoms with Gasteiger partial charge in [0, 0.05) is 30.1 Å². The zero-order valence-corrected chi connectivity index (χ0v) is 15.8. The number of hydrogen-bond acceptors (Lipinski definition) is 5. The van der Waals surface area contributed by atoms with Crippen LogP contribution in [-0.4, -0.2) is 42.0 Å². The van der Waals surface area contributed by atoms with Crippen molar-refractivity contribution in [1.82, 2.24) is 9.88 Å². The van der Waals surface area contributed by atoms with Crippen LogP contribution in [0, 0.1) is 0 Å². The lowest BCUT2D eigenvalue weighted by Crippen LogP contribution is -2.45. The van der Waals surface area contributed by atoms with E-state index in [1.807, 2.05) is 29.6 Å². The number of benzene rings is 1. The summed E-state index contributed by atoms with van der Waals surface area (Å²) >= 11 is 1.48. The zero-order valence-electron chi connectivity index (χ0n) is 13.3. The summed E-state index contributed by atoms with van der Waals surface area (Å²) in [4.78, 5) is 18.8. The number of halogens is 2. The topological polar surface area (TPSA) is 68.5 Å². The molecule has 132 valence electrons. The van der Waals surface area contributed by atoms with Crippen molar-refractivity contribution in [2.45, 2.75) is 18.9 Å². The molecule has 3 rings (SSSR count). The van der Waals surface area contributed by atoms with E-state index in [1.165, 1.54) is 11.3 Å². The van der Waals surface area contributed by atoms with Crippen molar-refractivity contribution < 1.29 is 9.53 Å². The Morgan fingerprint density at radius 2 is 2.04 bits per heavy atom. The van der Waals surface area contributed by atoms with Crippen molar-refractivity contribution in [2.24, 2.45) is 5.73 Å². The van der Waals surface area contributed by atoms with Gasteiger partial charge in [-0.3, -0.25) is 4.79 Å². The van der Waals surface area contributed by atoms with Crippen molar-refractivity contribution in [2.75, 3.05) is 20.2 Å². The van der Waals surface area contributed by atoms with Crippen molar-refractivity contribution in [3.8, 4) is 16.3 Å². The second-order valence-corrected chi connectivity index (χ2v) is 6.28. The first-order valence-corrected chi connectivity index (χ1v) is 8.20. The molecular formula is C16H21Cl2N3O2S. The maximum Gasteiger partial charge on any atom is 0.273 e. The number of aromatic nitrogens is 1. The summed E-state index contributed by atoms with van der Waals surface area (Å²) in [6.07, 6.45) is 1.94. The van der Waals surface area contributed by atoms with Crippen LogP contribution < -0.4 is 10.5 Å². The number of carbonyl (C=O) groups is 1. The number of methoxy groups -OCH3 is 1. The van der Waals surface area contributed by atoms with E-state index in [2.05, 4.69) is 4.98 Å². The molecule has 0 spiro atoms. The average Bonchev–Trinajstić information content (AvgIpc) is 3.04. The Hall–Kier alpha value is -1.34. The van der Waals surface area contributed by atoms with Gasteiger partial charge in [0.15, 0.2) is 0 Å². The molecule has 5 nitrogen and oxygen atoms in total. The van der Waals surface area contributed by atoms with E-state index in [9.17, 15) is 4.79 Å². The lowest BCUT2D eigenvalue weighted by molar-refractivity contribution is 0.0704. The highest BCUT2D eigenvalue weighted by atomic mass is 35.5. The predicted octanol–water partition coefficient (Wildman–Crippen LogP) is 3.23. The first-order chi connectivity index (χ1) is 10.7. The van der Waals surface area contributed by atoms with Gasteiger partial charge < -0.3 is 15.4 Å². The number of nitrogens with two attached hydrogens (primary N) is 1. The van der Waals surface area contributed by atoms with Gasteiger partial charge in [0.05, 0.1) is 7.11 Å². The number of carbonyl (C=O) groups excluding carboxylic acids is 1. The molecule has 0 saturated carbocycles. The minimum absolute atomic E-state index is 0. The number of ether oxygens (including phenoxy) is 1. The minimum Gasteiger partial charge on any atom is -0.497 e. The maximum atomic E-state index is 12.5. The molecular weight excluding hydrogens is 369 g/mol. The molecule has 0 radical (unpaired) electrons. The van der Waals surface area contributed by atoms with Crippen LogP contribution in [0.15, 0.2) is 29.6 Å². The highest BCUT2D eigenvalue weighted by molar-refractivity contribution is 7.13. The quantitative estimate of drug-likeness (QED) is 0.874. The summed E-state index contributed by atoms with van der Waals surface area (Å²) in [6.45, 7) is 1.39. The molecule has 2 N–H and O–H groups in total. The monoisotopic (exact) mass is 389 g/mol. The number of rotatable bonds is 3. The molecule has 0 bridgehead atoms. The molecule has 1 aromatic heterocycles. The summed E-state index contributed by atoms with van der Waals surface area (Å²) in [5.74, 6) is 0.782. The molecule has 8 heteroatoms. The number of amides is 1. The molecule has 1 amide bonds. The number of thiazole rings is 1. The van der Waals surface area contributed by atoms with Gasteiger partial charge in [-0.05, 0) is 37.1 Å². The Balaban J connectivity index is 0.00000144. The number of likely N-dealkylation sites (tertiary alicyclic amines) is 1. The highest BCUT2D eigenvalue weighted by Gasteiger charge is 2.24. The fourth-order valence-electron chi connectivity index (χ4n) is 2.59. The maximum absolute atomic E-state index is 12.5. The van der Waals surface area contributed by atoms with Crippen LogP contribution in [0.4, 0.5) is 0 Å². The zero-order chi connectivity index (χ0) is 15.5. The SMILES string of the molecule is COc1ccc(-c2nc(C(=O)N3CCCC(N)C3)cs2)cc1.Cl.Cl. The fourth-order valence-corrected chi connectivity index (χ4v) is 3.39. The largest absolute Gasteiger partial charge is 0.497 e. The van der Waals surface area contributed by atoms with Crippen LogP contribution in [0.1, 0.15) is 23.3 Å². The molecule has 24 heavy (non-hydrogen) atoms. The first kappa shape index (κ1) is 20.7. The summed E-state index contributed by atoms with van der Waals surface area (Å²) in [5.41, 5.74) is 7.43.